The fourth-order valence-corrected chi connectivity index (χ4v) is 2.20. The van der Waals surface area contributed by atoms with Crippen molar-refractivity contribution in [3.05, 3.63) is 30.3 Å². The zero-order chi connectivity index (χ0) is 13.7. The quantitative estimate of drug-likeness (QED) is 0.812. The van der Waals surface area contributed by atoms with E-state index in [1.807, 2.05) is 37.4 Å². The lowest BCUT2D eigenvalue weighted by atomic mass is 10.2. The Morgan fingerprint density at radius 1 is 1.37 bits per heavy atom. The second-order valence-corrected chi connectivity index (χ2v) is 4.66. The monoisotopic (exact) mass is 261 g/mol. The maximum Gasteiger partial charge on any atom is 0.229 e. The maximum atomic E-state index is 11.9. The van der Waals surface area contributed by atoms with E-state index < -0.39 is 0 Å². The number of para-hydroxylation sites is 1. The molecule has 1 aromatic carbocycles. The number of hydrogen-bond donors (Lipinski definition) is 2. The van der Waals surface area contributed by atoms with Crippen molar-refractivity contribution in [2.24, 2.45) is 0 Å². The first-order valence-corrected chi connectivity index (χ1v) is 6.50. The van der Waals surface area contributed by atoms with Crippen molar-refractivity contribution in [2.45, 2.75) is 18.9 Å². The number of anilines is 1. The van der Waals surface area contributed by atoms with E-state index in [2.05, 4.69) is 10.6 Å². The standard InChI is InChI=1S/C14H19N3O2/c1-15-8-7-13(18)16-11-9-14(19)17(10-11)12-5-3-2-4-6-12/h2-6,11,15H,7-10H2,1H3,(H,16,18). The highest BCUT2D eigenvalue weighted by molar-refractivity contribution is 5.96. The molecule has 2 amide bonds. The van der Waals surface area contributed by atoms with Gasteiger partial charge in [0, 0.05) is 31.6 Å². The van der Waals surface area contributed by atoms with Gasteiger partial charge < -0.3 is 15.5 Å². The van der Waals surface area contributed by atoms with Crippen molar-refractivity contribution < 1.29 is 9.59 Å². The summed E-state index contributed by atoms with van der Waals surface area (Å²) < 4.78 is 0. The average Bonchev–Trinajstić information content (AvgIpc) is 2.78. The first kappa shape index (κ1) is 13.5. The number of hydrogen-bond acceptors (Lipinski definition) is 3. The van der Waals surface area contributed by atoms with Gasteiger partial charge in [0.1, 0.15) is 0 Å². The predicted octanol–water partition coefficient (Wildman–Crippen LogP) is 0.518. The summed E-state index contributed by atoms with van der Waals surface area (Å²) in [7, 11) is 1.81. The topological polar surface area (TPSA) is 61.4 Å². The van der Waals surface area contributed by atoms with Crippen molar-refractivity contribution in [3.63, 3.8) is 0 Å². The van der Waals surface area contributed by atoms with Gasteiger partial charge in [0.2, 0.25) is 11.8 Å². The first-order chi connectivity index (χ1) is 9.20. The van der Waals surface area contributed by atoms with Crippen LogP contribution in [0.4, 0.5) is 5.69 Å². The summed E-state index contributed by atoms with van der Waals surface area (Å²) in [4.78, 5) is 25.3. The average molecular weight is 261 g/mol. The van der Waals surface area contributed by atoms with Crippen LogP contribution in [0.3, 0.4) is 0 Å². The van der Waals surface area contributed by atoms with Crippen molar-refractivity contribution in [1.82, 2.24) is 10.6 Å². The molecule has 1 unspecified atom stereocenters. The Bertz CT molecular complexity index is 447. The summed E-state index contributed by atoms with van der Waals surface area (Å²) >= 11 is 0. The van der Waals surface area contributed by atoms with Crippen LogP contribution in [0.25, 0.3) is 0 Å². The summed E-state index contributed by atoms with van der Waals surface area (Å²) in [5, 5.41) is 5.83. The third-order valence-electron chi connectivity index (χ3n) is 3.16. The molecule has 0 saturated carbocycles. The van der Waals surface area contributed by atoms with Gasteiger partial charge in [0.15, 0.2) is 0 Å². The summed E-state index contributed by atoms with van der Waals surface area (Å²) in [5.41, 5.74) is 0.888. The lowest BCUT2D eigenvalue weighted by Gasteiger charge is -2.17. The molecule has 1 aliphatic rings. The molecular weight excluding hydrogens is 242 g/mol. The minimum atomic E-state index is -0.0861. The highest BCUT2D eigenvalue weighted by Crippen LogP contribution is 2.20. The van der Waals surface area contributed by atoms with Crippen molar-refractivity contribution in [2.75, 3.05) is 25.0 Å². The molecule has 0 bridgehead atoms. The molecule has 0 aromatic heterocycles. The zero-order valence-electron chi connectivity index (χ0n) is 11.1. The van der Waals surface area contributed by atoms with Crippen LogP contribution in [0.2, 0.25) is 0 Å². The van der Waals surface area contributed by atoms with Crippen LogP contribution >= 0.6 is 0 Å². The Labute approximate surface area is 113 Å². The predicted molar refractivity (Wildman–Crippen MR) is 73.9 cm³/mol. The number of nitrogens with one attached hydrogen (secondary N) is 2. The van der Waals surface area contributed by atoms with Crippen LogP contribution in [0, 0.1) is 0 Å². The molecule has 2 rings (SSSR count). The summed E-state index contributed by atoms with van der Waals surface area (Å²) in [6, 6.07) is 9.45. The van der Waals surface area contributed by atoms with E-state index in [1.54, 1.807) is 4.90 Å². The molecule has 0 spiro atoms. The lowest BCUT2D eigenvalue weighted by Crippen LogP contribution is -2.38. The Morgan fingerprint density at radius 3 is 2.79 bits per heavy atom. The van der Waals surface area contributed by atoms with Crippen LogP contribution in [0.5, 0.6) is 0 Å². The van der Waals surface area contributed by atoms with E-state index in [4.69, 9.17) is 0 Å². The highest BCUT2D eigenvalue weighted by Gasteiger charge is 2.31. The lowest BCUT2D eigenvalue weighted by molar-refractivity contribution is -0.121. The minimum absolute atomic E-state index is 0.0120. The van der Waals surface area contributed by atoms with Gasteiger partial charge in [0.25, 0.3) is 0 Å². The molecule has 0 radical (unpaired) electrons. The normalized spacial score (nSPS) is 18.7. The van der Waals surface area contributed by atoms with Crippen LogP contribution in [0.1, 0.15) is 12.8 Å². The van der Waals surface area contributed by atoms with Crippen LogP contribution < -0.4 is 15.5 Å². The van der Waals surface area contributed by atoms with Gasteiger partial charge in [-0.1, -0.05) is 18.2 Å². The van der Waals surface area contributed by atoms with Crippen LogP contribution in [-0.2, 0) is 9.59 Å². The molecule has 102 valence electrons. The Kier molecular flexibility index (Phi) is 4.52. The number of nitrogens with zero attached hydrogens (tertiary/aromatic N) is 1. The van der Waals surface area contributed by atoms with Gasteiger partial charge in [-0.15, -0.1) is 0 Å². The van der Waals surface area contributed by atoms with E-state index in [-0.39, 0.29) is 17.9 Å². The number of carbonyl (C=O) groups is 2. The molecule has 1 saturated heterocycles. The van der Waals surface area contributed by atoms with E-state index in [9.17, 15) is 9.59 Å². The second kappa shape index (κ2) is 6.33. The summed E-state index contributed by atoms with van der Waals surface area (Å²) in [6.45, 7) is 1.20. The molecule has 1 atom stereocenters. The molecule has 0 aliphatic carbocycles. The van der Waals surface area contributed by atoms with Crippen LogP contribution in [-0.4, -0.2) is 38.0 Å². The summed E-state index contributed by atoms with van der Waals surface area (Å²) in [6.07, 6.45) is 0.812. The maximum absolute atomic E-state index is 11.9. The first-order valence-electron chi connectivity index (χ1n) is 6.50. The van der Waals surface area contributed by atoms with Crippen molar-refractivity contribution >= 4 is 17.5 Å². The fraction of sp³-hybridized carbons (Fsp3) is 0.429. The van der Waals surface area contributed by atoms with Crippen LogP contribution in [0.15, 0.2) is 30.3 Å². The Morgan fingerprint density at radius 2 is 2.11 bits per heavy atom. The SMILES string of the molecule is CNCCC(=O)NC1CC(=O)N(c2ccccc2)C1. The molecule has 1 fully saturated rings. The van der Waals surface area contributed by atoms with E-state index >= 15 is 0 Å². The van der Waals surface area contributed by atoms with E-state index in [0.717, 1.165) is 5.69 Å². The van der Waals surface area contributed by atoms with Gasteiger partial charge in [-0.05, 0) is 19.2 Å². The Hall–Kier alpha value is -1.88. The summed E-state index contributed by atoms with van der Waals surface area (Å²) in [5.74, 6) is 0.0483. The van der Waals surface area contributed by atoms with E-state index in [1.165, 1.54) is 0 Å². The van der Waals surface area contributed by atoms with Gasteiger partial charge in [-0.3, -0.25) is 9.59 Å². The van der Waals surface area contributed by atoms with Gasteiger partial charge >= 0.3 is 0 Å². The molecule has 5 heteroatoms. The zero-order valence-corrected chi connectivity index (χ0v) is 11.1. The fourth-order valence-electron chi connectivity index (χ4n) is 2.20. The molecular formula is C14H19N3O2. The molecule has 1 aliphatic heterocycles. The van der Waals surface area contributed by atoms with Gasteiger partial charge in [0.05, 0.1) is 6.04 Å². The number of rotatable bonds is 5. The molecule has 1 aromatic rings. The highest BCUT2D eigenvalue weighted by atomic mass is 16.2. The molecule has 19 heavy (non-hydrogen) atoms. The van der Waals surface area contributed by atoms with Crippen molar-refractivity contribution in [3.8, 4) is 0 Å². The second-order valence-electron chi connectivity index (χ2n) is 4.66. The molecule has 1 heterocycles. The number of benzene rings is 1. The van der Waals surface area contributed by atoms with Crippen molar-refractivity contribution in [1.29, 1.82) is 0 Å². The third-order valence-corrected chi connectivity index (χ3v) is 3.16. The third kappa shape index (κ3) is 3.54. The van der Waals surface area contributed by atoms with Gasteiger partial charge in [-0.2, -0.15) is 0 Å². The minimum Gasteiger partial charge on any atom is -0.351 e. The van der Waals surface area contributed by atoms with Gasteiger partial charge in [-0.25, -0.2) is 0 Å². The Balaban J connectivity index is 1.91. The largest absolute Gasteiger partial charge is 0.351 e. The smallest absolute Gasteiger partial charge is 0.229 e. The number of amides is 2. The molecule has 2 N–H and O–H groups in total. The van der Waals surface area contributed by atoms with E-state index in [0.29, 0.717) is 25.9 Å². The molecule has 5 nitrogen and oxygen atoms in total. The number of carbonyl (C=O) groups excluding carboxylic acids is 2.